The van der Waals surface area contributed by atoms with E-state index >= 15 is 0 Å². The van der Waals surface area contributed by atoms with Gasteiger partial charge in [-0.1, -0.05) is 37.5 Å². The summed E-state index contributed by atoms with van der Waals surface area (Å²) in [5, 5.41) is 8.65. The third-order valence-electron chi connectivity index (χ3n) is 4.23. The highest BCUT2D eigenvalue weighted by Crippen LogP contribution is 2.17. The molecule has 1 fully saturated rings. The normalized spacial score (nSPS) is 14.7. The van der Waals surface area contributed by atoms with E-state index in [1.54, 1.807) is 11.8 Å². The number of nitrogens with one attached hydrogen (secondary N) is 3. The summed E-state index contributed by atoms with van der Waals surface area (Å²) in [7, 11) is 0. The number of carbonyl (C=O) groups is 2. The molecule has 0 heterocycles. The minimum absolute atomic E-state index is 0.0114. The Morgan fingerprint density at radius 3 is 2.52 bits per heavy atom. The molecule has 6 heteroatoms. The van der Waals surface area contributed by atoms with Crippen LogP contribution >= 0.6 is 11.8 Å². The molecule has 0 aliphatic heterocycles. The lowest BCUT2D eigenvalue weighted by Crippen LogP contribution is -2.43. The van der Waals surface area contributed by atoms with Crippen LogP contribution in [0.25, 0.3) is 0 Å². The zero-order valence-electron chi connectivity index (χ0n) is 14.8. The molecule has 0 bridgehead atoms. The fourth-order valence-electron chi connectivity index (χ4n) is 2.87. The van der Waals surface area contributed by atoms with Crippen LogP contribution in [0.5, 0.6) is 0 Å². The Morgan fingerprint density at radius 1 is 1.00 bits per heavy atom. The van der Waals surface area contributed by atoms with Crippen LogP contribution < -0.4 is 16.0 Å². The van der Waals surface area contributed by atoms with Crippen molar-refractivity contribution in [2.24, 2.45) is 0 Å². The van der Waals surface area contributed by atoms with Gasteiger partial charge in [0.05, 0.1) is 0 Å². The standard InChI is InChI=1S/C19H29N3O2S/c23-18(20-13-7-15-25-17-10-5-2-6-11-17)12-14-21-19(24)22-16-8-3-1-4-9-16/h2,5-6,10-11,16H,1,3-4,7-9,12-15H2,(H,20,23)(H2,21,22,24). The Balaban J connectivity index is 1.44. The predicted molar refractivity (Wildman–Crippen MR) is 103 cm³/mol. The highest BCUT2D eigenvalue weighted by atomic mass is 32.2. The molecule has 5 nitrogen and oxygen atoms in total. The van der Waals surface area contributed by atoms with Crippen LogP contribution in [0.15, 0.2) is 35.2 Å². The number of hydrogen-bond acceptors (Lipinski definition) is 3. The smallest absolute Gasteiger partial charge is 0.315 e. The summed E-state index contributed by atoms with van der Waals surface area (Å²) in [6.07, 6.45) is 7.03. The summed E-state index contributed by atoms with van der Waals surface area (Å²) < 4.78 is 0. The molecule has 1 saturated carbocycles. The maximum Gasteiger partial charge on any atom is 0.315 e. The van der Waals surface area contributed by atoms with Crippen molar-refractivity contribution < 1.29 is 9.59 Å². The maximum atomic E-state index is 11.8. The molecule has 3 amide bonds. The maximum absolute atomic E-state index is 11.8. The summed E-state index contributed by atoms with van der Waals surface area (Å²) in [4.78, 5) is 24.8. The van der Waals surface area contributed by atoms with Gasteiger partial charge in [-0.2, -0.15) is 0 Å². The predicted octanol–water partition coefficient (Wildman–Crippen LogP) is 3.31. The fraction of sp³-hybridized carbons (Fsp3) is 0.579. The van der Waals surface area contributed by atoms with E-state index in [0.29, 0.717) is 25.6 Å². The lowest BCUT2D eigenvalue weighted by atomic mass is 9.96. The van der Waals surface area contributed by atoms with Crippen LogP contribution in [0.3, 0.4) is 0 Å². The quantitative estimate of drug-likeness (QED) is 0.466. The van der Waals surface area contributed by atoms with Crippen molar-refractivity contribution in [3.8, 4) is 0 Å². The van der Waals surface area contributed by atoms with Gasteiger partial charge in [-0.25, -0.2) is 4.79 Å². The lowest BCUT2D eigenvalue weighted by molar-refractivity contribution is -0.120. The summed E-state index contributed by atoms with van der Waals surface area (Å²) in [5.41, 5.74) is 0. The van der Waals surface area contributed by atoms with Gasteiger partial charge in [0.25, 0.3) is 0 Å². The van der Waals surface area contributed by atoms with Crippen LogP contribution in [0.4, 0.5) is 4.79 Å². The van der Waals surface area contributed by atoms with E-state index in [9.17, 15) is 9.59 Å². The molecule has 1 aromatic carbocycles. The minimum Gasteiger partial charge on any atom is -0.356 e. The van der Waals surface area contributed by atoms with Gasteiger partial charge in [0.1, 0.15) is 0 Å². The third kappa shape index (κ3) is 8.82. The molecule has 0 atom stereocenters. The number of thioether (sulfide) groups is 1. The van der Waals surface area contributed by atoms with Gasteiger partial charge in [0.15, 0.2) is 0 Å². The second-order valence-electron chi connectivity index (χ2n) is 6.35. The summed E-state index contributed by atoms with van der Waals surface area (Å²) in [5.74, 6) is 0.967. The molecule has 25 heavy (non-hydrogen) atoms. The zero-order chi connectivity index (χ0) is 17.7. The number of rotatable bonds is 9. The first-order valence-corrected chi connectivity index (χ1v) is 10.2. The Kier molecular flexibility index (Phi) is 9.26. The van der Waals surface area contributed by atoms with Crippen molar-refractivity contribution >= 4 is 23.7 Å². The van der Waals surface area contributed by atoms with Gasteiger partial charge in [-0.15, -0.1) is 11.8 Å². The van der Waals surface area contributed by atoms with Gasteiger partial charge < -0.3 is 16.0 Å². The first kappa shape index (κ1) is 19.6. The first-order chi connectivity index (χ1) is 12.2. The average Bonchev–Trinajstić information content (AvgIpc) is 2.63. The molecule has 138 valence electrons. The molecule has 0 radical (unpaired) electrons. The van der Waals surface area contributed by atoms with E-state index in [2.05, 4.69) is 28.1 Å². The highest BCUT2D eigenvalue weighted by Gasteiger charge is 2.15. The van der Waals surface area contributed by atoms with Crippen molar-refractivity contribution in [1.29, 1.82) is 0 Å². The molecule has 2 rings (SSSR count). The van der Waals surface area contributed by atoms with Crippen LogP contribution in [-0.4, -0.2) is 36.8 Å². The zero-order valence-corrected chi connectivity index (χ0v) is 15.6. The second-order valence-corrected chi connectivity index (χ2v) is 7.52. The number of urea groups is 1. The van der Waals surface area contributed by atoms with Crippen LogP contribution in [0, 0.1) is 0 Å². The topological polar surface area (TPSA) is 70.2 Å². The number of hydrogen-bond donors (Lipinski definition) is 3. The Hall–Kier alpha value is -1.69. The van der Waals surface area contributed by atoms with Crippen molar-refractivity contribution in [2.75, 3.05) is 18.8 Å². The molecule has 0 spiro atoms. The highest BCUT2D eigenvalue weighted by molar-refractivity contribution is 7.99. The molecule has 1 aliphatic carbocycles. The Morgan fingerprint density at radius 2 is 1.76 bits per heavy atom. The van der Waals surface area contributed by atoms with Crippen LogP contribution in [0.1, 0.15) is 44.9 Å². The summed E-state index contributed by atoms with van der Waals surface area (Å²) >= 11 is 1.79. The van der Waals surface area contributed by atoms with Gasteiger partial charge in [-0.05, 0) is 37.1 Å². The van der Waals surface area contributed by atoms with Crippen LogP contribution in [-0.2, 0) is 4.79 Å². The summed E-state index contributed by atoms with van der Waals surface area (Å²) in [6.45, 7) is 1.05. The number of carbonyl (C=O) groups excluding carboxylic acids is 2. The van der Waals surface area contributed by atoms with Crippen molar-refractivity contribution in [3.63, 3.8) is 0 Å². The van der Waals surface area contributed by atoms with Crippen LogP contribution in [0.2, 0.25) is 0 Å². The molecular weight excluding hydrogens is 334 g/mol. The van der Waals surface area contributed by atoms with E-state index in [1.165, 1.54) is 24.2 Å². The Bertz CT molecular complexity index is 519. The van der Waals surface area contributed by atoms with Crippen molar-refractivity contribution in [1.82, 2.24) is 16.0 Å². The fourth-order valence-corrected chi connectivity index (χ4v) is 3.74. The monoisotopic (exact) mass is 363 g/mol. The number of amides is 3. The van der Waals surface area contributed by atoms with Gasteiger partial charge in [0, 0.05) is 30.4 Å². The van der Waals surface area contributed by atoms with E-state index in [0.717, 1.165) is 25.0 Å². The van der Waals surface area contributed by atoms with Crippen molar-refractivity contribution in [2.45, 2.75) is 55.9 Å². The first-order valence-electron chi connectivity index (χ1n) is 9.23. The molecule has 1 aromatic rings. The van der Waals surface area contributed by atoms with E-state index < -0.39 is 0 Å². The second kappa shape index (κ2) is 11.8. The van der Waals surface area contributed by atoms with E-state index in [-0.39, 0.29) is 11.9 Å². The van der Waals surface area contributed by atoms with Gasteiger partial charge in [-0.3, -0.25) is 4.79 Å². The molecule has 1 aliphatic rings. The summed E-state index contributed by atoms with van der Waals surface area (Å²) in [6, 6.07) is 10.4. The largest absolute Gasteiger partial charge is 0.356 e. The van der Waals surface area contributed by atoms with E-state index in [4.69, 9.17) is 0 Å². The Labute approximate surface area is 154 Å². The van der Waals surface area contributed by atoms with Gasteiger partial charge >= 0.3 is 6.03 Å². The molecule has 0 saturated heterocycles. The van der Waals surface area contributed by atoms with Crippen molar-refractivity contribution in [3.05, 3.63) is 30.3 Å². The lowest BCUT2D eigenvalue weighted by Gasteiger charge is -2.22. The third-order valence-corrected chi connectivity index (χ3v) is 5.33. The molecular formula is C19H29N3O2S. The molecule has 0 aromatic heterocycles. The average molecular weight is 364 g/mol. The SMILES string of the molecule is O=C(CCNC(=O)NC1CCCCC1)NCCCSc1ccccc1. The molecule has 3 N–H and O–H groups in total. The van der Waals surface area contributed by atoms with E-state index in [1.807, 2.05) is 18.2 Å². The molecule has 0 unspecified atom stereocenters. The number of benzene rings is 1. The van der Waals surface area contributed by atoms with Gasteiger partial charge in [0.2, 0.25) is 5.91 Å². The minimum atomic E-state index is -0.154.